The van der Waals surface area contributed by atoms with Crippen LogP contribution in [0.4, 0.5) is 18.9 Å². The SMILES string of the molecule is N#Cc1ccc(N[C@H](CC(N)=O)C2CCOCC2)cc1C(F)(F)F. The fourth-order valence-electron chi connectivity index (χ4n) is 2.85. The van der Waals surface area contributed by atoms with Gasteiger partial charge in [0.05, 0.1) is 17.2 Å². The van der Waals surface area contributed by atoms with Crippen LogP contribution in [0.1, 0.15) is 30.4 Å². The first kappa shape index (κ1) is 18.1. The topological polar surface area (TPSA) is 88.1 Å². The molecule has 0 unspecified atom stereocenters. The number of benzene rings is 1. The van der Waals surface area contributed by atoms with Gasteiger partial charge >= 0.3 is 6.18 Å². The Kier molecular flexibility index (Phi) is 5.67. The lowest BCUT2D eigenvalue weighted by atomic mass is 9.89. The van der Waals surface area contributed by atoms with Gasteiger partial charge in [-0.15, -0.1) is 0 Å². The molecule has 5 nitrogen and oxygen atoms in total. The first-order valence-corrected chi connectivity index (χ1v) is 7.55. The normalized spacial score (nSPS) is 17.1. The monoisotopic (exact) mass is 341 g/mol. The van der Waals surface area contributed by atoms with E-state index in [1.807, 2.05) is 0 Å². The number of hydrogen-bond acceptors (Lipinski definition) is 4. The van der Waals surface area contributed by atoms with Gasteiger partial charge in [-0.05, 0) is 37.0 Å². The average molecular weight is 341 g/mol. The quantitative estimate of drug-likeness (QED) is 0.862. The second-order valence-electron chi connectivity index (χ2n) is 5.74. The predicted molar refractivity (Wildman–Crippen MR) is 80.9 cm³/mol. The summed E-state index contributed by atoms with van der Waals surface area (Å²) >= 11 is 0. The molecule has 1 saturated heterocycles. The molecular formula is C16H18F3N3O2. The zero-order valence-electron chi connectivity index (χ0n) is 12.9. The van der Waals surface area contributed by atoms with Gasteiger partial charge in [-0.1, -0.05) is 0 Å². The van der Waals surface area contributed by atoms with E-state index in [4.69, 9.17) is 15.7 Å². The molecular weight excluding hydrogens is 323 g/mol. The molecule has 1 aliphatic rings. The van der Waals surface area contributed by atoms with Crippen LogP contribution in [-0.2, 0) is 15.7 Å². The number of anilines is 1. The van der Waals surface area contributed by atoms with Crippen molar-refractivity contribution >= 4 is 11.6 Å². The molecule has 1 heterocycles. The maximum Gasteiger partial charge on any atom is 0.417 e. The molecule has 1 atom stereocenters. The number of halogens is 3. The van der Waals surface area contributed by atoms with E-state index in [2.05, 4.69) is 5.32 Å². The van der Waals surface area contributed by atoms with Crippen LogP contribution in [0.25, 0.3) is 0 Å². The second kappa shape index (κ2) is 7.53. The van der Waals surface area contributed by atoms with Crippen molar-refractivity contribution in [3.05, 3.63) is 29.3 Å². The standard InChI is InChI=1S/C16H18F3N3O2/c17-16(18,19)13-7-12(2-1-11(13)9-20)22-14(8-15(21)23)10-3-5-24-6-4-10/h1-2,7,10,14,22H,3-6,8H2,(H2,21,23)/t14-/m1/s1. The number of amides is 1. The van der Waals surface area contributed by atoms with Gasteiger partial charge < -0.3 is 15.8 Å². The van der Waals surface area contributed by atoms with E-state index in [9.17, 15) is 18.0 Å². The fourth-order valence-corrected chi connectivity index (χ4v) is 2.85. The molecule has 0 spiro atoms. The lowest BCUT2D eigenvalue weighted by Crippen LogP contribution is -2.37. The number of ether oxygens (including phenoxy) is 1. The van der Waals surface area contributed by atoms with Crippen LogP contribution in [0.3, 0.4) is 0 Å². The highest BCUT2D eigenvalue weighted by atomic mass is 19.4. The maximum atomic E-state index is 13.0. The summed E-state index contributed by atoms with van der Waals surface area (Å²) in [5.41, 5.74) is 4.03. The highest BCUT2D eigenvalue weighted by Gasteiger charge is 2.34. The number of nitrogens with zero attached hydrogens (tertiary/aromatic N) is 1. The molecule has 1 aliphatic heterocycles. The number of nitrogens with two attached hydrogens (primary N) is 1. The van der Waals surface area contributed by atoms with Crippen molar-refractivity contribution in [2.24, 2.45) is 11.7 Å². The predicted octanol–water partition coefficient (Wildman–Crippen LogP) is 2.66. The Morgan fingerprint density at radius 1 is 1.42 bits per heavy atom. The number of hydrogen-bond donors (Lipinski definition) is 2. The Morgan fingerprint density at radius 3 is 2.62 bits per heavy atom. The van der Waals surface area contributed by atoms with Gasteiger partial charge in [-0.2, -0.15) is 18.4 Å². The van der Waals surface area contributed by atoms with Gasteiger partial charge in [-0.3, -0.25) is 4.79 Å². The van der Waals surface area contributed by atoms with Gasteiger partial charge in [0.2, 0.25) is 5.91 Å². The summed E-state index contributed by atoms with van der Waals surface area (Å²) in [6.07, 6.45) is -3.20. The molecule has 1 aromatic rings. The van der Waals surface area contributed by atoms with Gasteiger partial charge in [0.15, 0.2) is 0 Å². The molecule has 0 saturated carbocycles. The average Bonchev–Trinajstić information content (AvgIpc) is 2.54. The van der Waals surface area contributed by atoms with Crippen LogP contribution in [0, 0.1) is 17.2 Å². The molecule has 0 radical (unpaired) electrons. The van der Waals surface area contributed by atoms with Gasteiger partial charge in [0.1, 0.15) is 0 Å². The van der Waals surface area contributed by atoms with Crippen molar-refractivity contribution in [1.82, 2.24) is 0 Å². The van der Waals surface area contributed by atoms with E-state index in [-0.39, 0.29) is 24.1 Å². The summed E-state index contributed by atoms with van der Waals surface area (Å²) in [5.74, 6) is -0.445. The van der Waals surface area contributed by atoms with Gasteiger partial charge in [0, 0.05) is 31.4 Å². The molecule has 1 aromatic carbocycles. The highest BCUT2D eigenvalue weighted by Crippen LogP contribution is 2.34. The Morgan fingerprint density at radius 2 is 2.08 bits per heavy atom. The Labute approximate surface area is 137 Å². The van der Waals surface area contributed by atoms with Crippen LogP contribution in [-0.4, -0.2) is 25.2 Å². The Balaban J connectivity index is 2.25. The zero-order chi connectivity index (χ0) is 17.7. The minimum absolute atomic E-state index is 0.0199. The van der Waals surface area contributed by atoms with Crippen molar-refractivity contribution < 1.29 is 22.7 Å². The summed E-state index contributed by atoms with van der Waals surface area (Å²) in [6.45, 7) is 1.09. The summed E-state index contributed by atoms with van der Waals surface area (Å²) in [4.78, 5) is 11.3. The molecule has 130 valence electrons. The maximum absolute atomic E-state index is 13.0. The van der Waals surface area contributed by atoms with E-state index in [0.29, 0.717) is 26.1 Å². The summed E-state index contributed by atoms with van der Waals surface area (Å²) in [6, 6.07) is 4.59. The third-order valence-electron chi connectivity index (χ3n) is 4.05. The van der Waals surface area contributed by atoms with Crippen molar-refractivity contribution in [3.8, 4) is 6.07 Å². The van der Waals surface area contributed by atoms with Crippen molar-refractivity contribution in [1.29, 1.82) is 5.26 Å². The number of nitriles is 1. The molecule has 1 amide bonds. The molecule has 1 fully saturated rings. The number of carbonyl (C=O) groups excluding carboxylic acids is 1. The summed E-state index contributed by atoms with van der Waals surface area (Å²) in [7, 11) is 0. The third kappa shape index (κ3) is 4.61. The summed E-state index contributed by atoms with van der Waals surface area (Å²) in [5, 5.41) is 11.8. The van der Waals surface area contributed by atoms with E-state index in [0.717, 1.165) is 12.1 Å². The second-order valence-corrected chi connectivity index (χ2v) is 5.74. The zero-order valence-corrected chi connectivity index (χ0v) is 12.9. The Hall–Kier alpha value is -2.27. The first-order valence-electron chi connectivity index (χ1n) is 7.55. The molecule has 8 heteroatoms. The molecule has 24 heavy (non-hydrogen) atoms. The van der Waals surface area contributed by atoms with Gasteiger partial charge in [-0.25, -0.2) is 0 Å². The van der Waals surface area contributed by atoms with Crippen molar-refractivity contribution in [3.63, 3.8) is 0 Å². The largest absolute Gasteiger partial charge is 0.417 e. The van der Waals surface area contributed by atoms with Crippen LogP contribution in [0.2, 0.25) is 0 Å². The molecule has 0 aliphatic carbocycles. The minimum atomic E-state index is -4.62. The summed E-state index contributed by atoms with van der Waals surface area (Å²) < 4.78 is 44.4. The van der Waals surface area contributed by atoms with E-state index in [1.54, 1.807) is 0 Å². The third-order valence-corrected chi connectivity index (χ3v) is 4.05. The van der Waals surface area contributed by atoms with E-state index in [1.165, 1.54) is 12.1 Å². The smallest absolute Gasteiger partial charge is 0.381 e. The number of nitrogens with one attached hydrogen (secondary N) is 1. The first-order chi connectivity index (χ1) is 11.3. The van der Waals surface area contributed by atoms with E-state index < -0.39 is 23.2 Å². The van der Waals surface area contributed by atoms with Gasteiger partial charge in [0.25, 0.3) is 0 Å². The van der Waals surface area contributed by atoms with Crippen LogP contribution in [0.15, 0.2) is 18.2 Å². The lowest BCUT2D eigenvalue weighted by Gasteiger charge is -2.31. The number of rotatable bonds is 5. The highest BCUT2D eigenvalue weighted by molar-refractivity contribution is 5.75. The van der Waals surface area contributed by atoms with Crippen molar-refractivity contribution in [2.75, 3.05) is 18.5 Å². The molecule has 3 N–H and O–H groups in total. The number of carbonyl (C=O) groups is 1. The lowest BCUT2D eigenvalue weighted by molar-refractivity contribution is -0.137. The van der Waals surface area contributed by atoms with Crippen LogP contribution in [0.5, 0.6) is 0 Å². The fraction of sp³-hybridized carbons (Fsp3) is 0.500. The van der Waals surface area contributed by atoms with Crippen molar-refractivity contribution in [2.45, 2.75) is 31.5 Å². The molecule has 0 bridgehead atoms. The number of primary amides is 1. The minimum Gasteiger partial charge on any atom is -0.381 e. The van der Waals surface area contributed by atoms with Crippen LogP contribution < -0.4 is 11.1 Å². The molecule has 0 aromatic heterocycles. The van der Waals surface area contributed by atoms with Crippen LogP contribution >= 0.6 is 0 Å². The van der Waals surface area contributed by atoms with E-state index >= 15 is 0 Å². The Bertz CT molecular complexity index is 634. The molecule has 2 rings (SSSR count). The number of alkyl halides is 3.